The van der Waals surface area contributed by atoms with Gasteiger partial charge in [0.25, 0.3) is 0 Å². The molecule has 4 nitrogen and oxygen atoms in total. The second-order valence-electron chi connectivity index (χ2n) is 4.85. The number of halogens is 2. The summed E-state index contributed by atoms with van der Waals surface area (Å²) < 4.78 is 0. The van der Waals surface area contributed by atoms with Crippen molar-refractivity contribution in [1.82, 2.24) is 4.90 Å². The molecule has 1 aliphatic rings. The molecule has 0 spiro atoms. The number of hydrogen-bond acceptors (Lipinski definition) is 3. The molecule has 0 radical (unpaired) electrons. The molecule has 1 unspecified atom stereocenters. The number of piperidine rings is 1. The number of hydrogen-bond donors (Lipinski definition) is 2. The van der Waals surface area contributed by atoms with Crippen LogP contribution in [0.25, 0.3) is 0 Å². The molecular weight excluding hydrogens is 285 g/mol. The Morgan fingerprint density at radius 3 is 2.89 bits per heavy atom. The van der Waals surface area contributed by atoms with Crippen LogP contribution in [0.5, 0.6) is 0 Å². The van der Waals surface area contributed by atoms with E-state index in [-0.39, 0.29) is 5.92 Å². The maximum Gasteiger partial charge on any atom is 0.143 e. The molecule has 104 valence electrons. The summed E-state index contributed by atoms with van der Waals surface area (Å²) in [7, 11) is 0. The first-order valence-corrected chi connectivity index (χ1v) is 6.99. The number of likely N-dealkylation sites (tertiary alicyclic amines) is 1. The summed E-state index contributed by atoms with van der Waals surface area (Å²) in [5, 5.41) is 13.0. The van der Waals surface area contributed by atoms with E-state index in [2.05, 4.69) is 10.1 Å². The Bertz CT molecular complexity index is 479. The van der Waals surface area contributed by atoms with E-state index in [0.717, 1.165) is 38.0 Å². The molecule has 0 aliphatic carbocycles. The molecule has 3 N–H and O–H groups in total. The lowest BCUT2D eigenvalue weighted by atomic mass is 9.96. The second kappa shape index (κ2) is 6.46. The zero-order valence-electron chi connectivity index (χ0n) is 10.5. The summed E-state index contributed by atoms with van der Waals surface area (Å²) in [6.45, 7) is 2.61. The topological polar surface area (TPSA) is 61.9 Å². The summed E-state index contributed by atoms with van der Waals surface area (Å²) in [5.74, 6) is 0.445. The van der Waals surface area contributed by atoms with Crippen LogP contribution in [0.2, 0.25) is 10.0 Å². The van der Waals surface area contributed by atoms with Gasteiger partial charge < -0.3 is 10.9 Å². The van der Waals surface area contributed by atoms with E-state index in [9.17, 15) is 0 Å². The summed E-state index contributed by atoms with van der Waals surface area (Å²) in [4.78, 5) is 2.28. The molecule has 1 aromatic carbocycles. The first kappa shape index (κ1) is 14.4. The maximum atomic E-state index is 8.74. The summed E-state index contributed by atoms with van der Waals surface area (Å²) in [6, 6.07) is 5.67. The van der Waals surface area contributed by atoms with E-state index < -0.39 is 0 Å². The number of oxime groups is 1. The van der Waals surface area contributed by atoms with Gasteiger partial charge in [0.1, 0.15) is 5.84 Å². The Morgan fingerprint density at radius 2 is 2.21 bits per heavy atom. The summed E-state index contributed by atoms with van der Waals surface area (Å²) >= 11 is 11.9. The van der Waals surface area contributed by atoms with Crippen LogP contribution in [0, 0.1) is 5.92 Å². The Morgan fingerprint density at radius 1 is 1.42 bits per heavy atom. The Kier molecular flexibility index (Phi) is 4.91. The van der Waals surface area contributed by atoms with Gasteiger partial charge in [-0.2, -0.15) is 0 Å². The highest BCUT2D eigenvalue weighted by atomic mass is 35.5. The van der Waals surface area contributed by atoms with Gasteiger partial charge in [0.2, 0.25) is 0 Å². The van der Waals surface area contributed by atoms with Crippen molar-refractivity contribution in [3.63, 3.8) is 0 Å². The predicted octanol–water partition coefficient (Wildman–Crippen LogP) is 2.95. The standard InChI is InChI=1S/C13H17Cl2N3O/c14-11-4-3-9(6-12(11)15)7-18-5-1-2-10(8-18)13(16)17-19/h3-4,6,10,19H,1-2,5,7-8H2,(H2,16,17). The summed E-state index contributed by atoms with van der Waals surface area (Å²) in [6.07, 6.45) is 2.01. The van der Waals surface area contributed by atoms with Crippen molar-refractivity contribution in [2.75, 3.05) is 13.1 Å². The van der Waals surface area contributed by atoms with Crippen LogP contribution in [0.3, 0.4) is 0 Å². The van der Waals surface area contributed by atoms with Gasteiger partial charge >= 0.3 is 0 Å². The molecule has 1 atom stereocenters. The van der Waals surface area contributed by atoms with Gasteiger partial charge in [0.15, 0.2) is 0 Å². The minimum absolute atomic E-state index is 0.126. The molecule has 1 aliphatic heterocycles. The highest BCUT2D eigenvalue weighted by Crippen LogP contribution is 2.24. The fourth-order valence-electron chi connectivity index (χ4n) is 2.42. The fourth-order valence-corrected chi connectivity index (χ4v) is 2.74. The van der Waals surface area contributed by atoms with Crippen molar-refractivity contribution in [1.29, 1.82) is 0 Å². The van der Waals surface area contributed by atoms with Crippen LogP contribution in [0.15, 0.2) is 23.4 Å². The third-order valence-corrected chi connectivity index (χ3v) is 4.17. The number of nitrogens with two attached hydrogens (primary N) is 1. The number of rotatable bonds is 3. The van der Waals surface area contributed by atoms with Gasteiger partial charge in [-0.05, 0) is 37.1 Å². The molecule has 1 fully saturated rings. The van der Waals surface area contributed by atoms with Crippen LogP contribution in [0.1, 0.15) is 18.4 Å². The third kappa shape index (κ3) is 3.75. The average molecular weight is 302 g/mol. The molecular formula is C13H17Cl2N3O. The second-order valence-corrected chi connectivity index (χ2v) is 5.66. The average Bonchev–Trinajstić information content (AvgIpc) is 2.42. The van der Waals surface area contributed by atoms with E-state index in [4.69, 9.17) is 34.1 Å². The Hall–Kier alpha value is -0.970. The normalized spacial score (nSPS) is 21.6. The maximum absolute atomic E-state index is 8.74. The molecule has 0 saturated carbocycles. The molecule has 0 aromatic heterocycles. The third-order valence-electron chi connectivity index (χ3n) is 3.43. The van der Waals surface area contributed by atoms with Crippen LogP contribution >= 0.6 is 23.2 Å². The van der Waals surface area contributed by atoms with Crippen molar-refractivity contribution in [2.24, 2.45) is 16.8 Å². The minimum Gasteiger partial charge on any atom is -0.409 e. The van der Waals surface area contributed by atoms with Gasteiger partial charge in [0, 0.05) is 19.0 Å². The number of nitrogens with zero attached hydrogens (tertiary/aromatic N) is 2. The van der Waals surface area contributed by atoms with Gasteiger partial charge in [-0.1, -0.05) is 34.4 Å². The first-order valence-electron chi connectivity index (χ1n) is 6.24. The largest absolute Gasteiger partial charge is 0.409 e. The smallest absolute Gasteiger partial charge is 0.143 e. The minimum atomic E-state index is 0.126. The van der Waals surface area contributed by atoms with Gasteiger partial charge in [0.05, 0.1) is 10.0 Å². The van der Waals surface area contributed by atoms with Crippen LogP contribution in [0.4, 0.5) is 0 Å². The predicted molar refractivity (Wildman–Crippen MR) is 77.9 cm³/mol. The van der Waals surface area contributed by atoms with Crippen molar-refractivity contribution in [3.8, 4) is 0 Å². The van der Waals surface area contributed by atoms with Crippen LogP contribution < -0.4 is 5.73 Å². The molecule has 19 heavy (non-hydrogen) atoms. The fraction of sp³-hybridized carbons (Fsp3) is 0.462. The lowest BCUT2D eigenvalue weighted by Gasteiger charge is -2.32. The Balaban J connectivity index is 2.00. The monoisotopic (exact) mass is 301 g/mol. The van der Waals surface area contributed by atoms with E-state index in [1.54, 1.807) is 0 Å². The molecule has 0 amide bonds. The zero-order valence-corrected chi connectivity index (χ0v) is 12.0. The van der Waals surface area contributed by atoms with E-state index >= 15 is 0 Å². The van der Waals surface area contributed by atoms with Crippen molar-refractivity contribution in [2.45, 2.75) is 19.4 Å². The van der Waals surface area contributed by atoms with Gasteiger partial charge in [-0.15, -0.1) is 0 Å². The van der Waals surface area contributed by atoms with E-state index in [1.165, 1.54) is 0 Å². The molecule has 6 heteroatoms. The van der Waals surface area contributed by atoms with Crippen molar-refractivity contribution in [3.05, 3.63) is 33.8 Å². The van der Waals surface area contributed by atoms with Crippen LogP contribution in [-0.2, 0) is 6.54 Å². The lowest BCUT2D eigenvalue weighted by Crippen LogP contribution is -2.40. The van der Waals surface area contributed by atoms with Crippen LogP contribution in [-0.4, -0.2) is 29.0 Å². The molecule has 1 saturated heterocycles. The first-order chi connectivity index (χ1) is 9.10. The lowest BCUT2D eigenvalue weighted by molar-refractivity contribution is 0.193. The molecule has 2 rings (SSSR count). The van der Waals surface area contributed by atoms with Crippen molar-refractivity contribution >= 4 is 29.0 Å². The van der Waals surface area contributed by atoms with Gasteiger partial charge in [-0.25, -0.2) is 0 Å². The molecule has 1 heterocycles. The zero-order chi connectivity index (χ0) is 13.8. The molecule has 1 aromatic rings. The summed E-state index contributed by atoms with van der Waals surface area (Å²) in [5.41, 5.74) is 6.80. The van der Waals surface area contributed by atoms with E-state index in [0.29, 0.717) is 15.9 Å². The molecule has 0 bridgehead atoms. The highest BCUT2D eigenvalue weighted by Gasteiger charge is 2.23. The number of amidine groups is 1. The number of benzene rings is 1. The van der Waals surface area contributed by atoms with Gasteiger partial charge in [-0.3, -0.25) is 4.90 Å². The quantitative estimate of drug-likeness (QED) is 0.390. The Labute approximate surface area is 122 Å². The van der Waals surface area contributed by atoms with E-state index in [1.807, 2.05) is 18.2 Å². The van der Waals surface area contributed by atoms with Crippen molar-refractivity contribution < 1.29 is 5.21 Å². The SMILES string of the molecule is NC(=NO)C1CCCN(Cc2ccc(Cl)c(Cl)c2)C1. The highest BCUT2D eigenvalue weighted by molar-refractivity contribution is 6.42.